The van der Waals surface area contributed by atoms with Crippen molar-refractivity contribution in [3.63, 3.8) is 0 Å². The zero-order valence-electron chi connectivity index (χ0n) is 16.4. The molecule has 3 heterocycles. The number of pyridine rings is 1. The summed E-state index contributed by atoms with van der Waals surface area (Å²) < 4.78 is 14.0. The van der Waals surface area contributed by atoms with E-state index in [9.17, 15) is 9.18 Å². The Kier molecular flexibility index (Phi) is 5.59. The number of rotatable bonds is 4. The van der Waals surface area contributed by atoms with Gasteiger partial charge in [0.05, 0.1) is 6.54 Å². The van der Waals surface area contributed by atoms with Crippen LogP contribution in [0.5, 0.6) is 0 Å². The molecule has 1 amide bonds. The molecule has 0 bridgehead atoms. The van der Waals surface area contributed by atoms with Crippen molar-refractivity contribution in [2.24, 2.45) is 4.99 Å². The van der Waals surface area contributed by atoms with E-state index in [1.807, 2.05) is 28.0 Å². The molecule has 29 heavy (non-hydrogen) atoms. The van der Waals surface area contributed by atoms with Gasteiger partial charge in [0, 0.05) is 44.6 Å². The molecule has 1 aromatic carbocycles. The molecule has 0 aliphatic carbocycles. The van der Waals surface area contributed by atoms with E-state index in [0.717, 1.165) is 18.5 Å². The normalized spacial score (nSPS) is 18.7. The SMILES string of the molecule is CN=C(NCC(=O)N1CCc2ccccc21)NC1CCN(c2ncccc2F)C1. The van der Waals surface area contributed by atoms with Gasteiger partial charge in [0.2, 0.25) is 5.91 Å². The van der Waals surface area contributed by atoms with E-state index in [1.54, 1.807) is 19.3 Å². The average Bonchev–Trinajstić information content (AvgIpc) is 3.38. The summed E-state index contributed by atoms with van der Waals surface area (Å²) in [5.41, 5.74) is 2.20. The molecule has 0 radical (unpaired) electrons. The third-order valence-electron chi connectivity index (χ3n) is 5.39. The molecule has 1 atom stereocenters. The van der Waals surface area contributed by atoms with Crippen molar-refractivity contribution in [1.29, 1.82) is 0 Å². The van der Waals surface area contributed by atoms with Crippen molar-refractivity contribution >= 4 is 23.4 Å². The highest BCUT2D eigenvalue weighted by molar-refractivity contribution is 5.98. The van der Waals surface area contributed by atoms with E-state index < -0.39 is 0 Å². The van der Waals surface area contributed by atoms with Crippen molar-refractivity contribution in [2.75, 3.05) is 43.0 Å². The van der Waals surface area contributed by atoms with Gasteiger partial charge < -0.3 is 20.4 Å². The predicted octanol–water partition coefficient (Wildman–Crippen LogP) is 1.55. The molecule has 4 rings (SSSR count). The number of guanidine groups is 1. The maximum Gasteiger partial charge on any atom is 0.246 e. The molecule has 8 heteroatoms. The van der Waals surface area contributed by atoms with Crippen LogP contribution in [0.15, 0.2) is 47.6 Å². The van der Waals surface area contributed by atoms with Gasteiger partial charge in [-0.05, 0) is 36.6 Å². The second kappa shape index (κ2) is 8.46. The fourth-order valence-electron chi connectivity index (χ4n) is 3.92. The van der Waals surface area contributed by atoms with E-state index in [0.29, 0.717) is 31.4 Å². The molecule has 7 nitrogen and oxygen atoms in total. The summed E-state index contributed by atoms with van der Waals surface area (Å²) >= 11 is 0. The lowest BCUT2D eigenvalue weighted by Crippen LogP contribution is -2.48. The molecule has 1 unspecified atom stereocenters. The number of nitrogens with zero attached hydrogens (tertiary/aromatic N) is 4. The summed E-state index contributed by atoms with van der Waals surface area (Å²) in [6.07, 6.45) is 3.32. The van der Waals surface area contributed by atoms with Crippen LogP contribution in [-0.4, -0.2) is 56.1 Å². The smallest absolute Gasteiger partial charge is 0.246 e. The van der Waals surface area contributed by atoms with Gasteiger partial charge in [0.15, 0.2) is 17.6 Å². The van der Waals surface area contributed by atoms with Crippen molar-refractivity contribution < 1.29 is 9.18 Å². The highest BCUT2D eigenvalue weighted by Crippen LogP contribution is 2.27. The Morgan fingerprint density at radius 3 is 2.97 bits per heavy atom. The number of fused-ring (bicyclic) bond motifs is 1. The van der Waals surface area contributed by atoms with Crippen LogP contribution in [0.4, 0.5) is 15.9 Å². The summed E-state index contributed by atoms with van der Waals surface area (Å²) in [4.78, 5) is 24.8. The first-order chi connectivity index (χ1) is 14.2. The molecule has 2 aromatic rings. The Labute approximate surface area is 169 Å². The fraction of sp³-hybridized carbons (Fsp3) is 0.381. The Hall–Kier alpha value is -3.16. The van der Waals surface area contributed by atoms with Gasteiger partial charge in [-0.3, -0.25) is 9.79 Å². The van der Waals surface area contributed by atoms with E-state index in [4.69, 9.17) is 0 Å². The highest BCUT2D eigenvalue weighted by atomic mass is 19.1. The summed E-state index contributed by atoms with van der Waals surface area (Å²) in [6, 6.07) is 11.1. The summed E-state index contributed by atoms with van der Waals surface area (Å²) in [5.74, 6) is 0.649. The molecule has 2 aliphatic heterocycles. The number of anilines is 2. The Bertz CT molecular complexity index is 918. The molecule has 1 fully saturated rings. The maximum absolute atomic E-state index is 14.0. The van der Waals surface area contributed by atoms with E-state index in [2.05, 4.69) is 26.7 Å². The standard InChI is InChI=1S/C21H25FN6O/c1-23-21(25-13-19(29)28-12-8-15-5-2-3-7-18(15)28)26-16-9-11-27(14-16)20-17(22)6-4-10-24-20/h2-7,10,16H,8-9,11-14H2,1H3,(H2,23,25,26). The number of para-hydroxylation sites is 1. The summed E-state index contributed by atoms with van der Waals surface area (Å²) in [6.45, 7) is 2.21. The fourth-order valence-corrected chi connectivity index (χ4v) is 3.92. The molecular weight excluding hydrogens is 371 g/mol. The van der Waals surface area contributed by atoms with Crippen molar-refractivity contribution in [3.05, 3.63) is 54.0 Å². The number of aliphatic imine (C=N–C) groups is 1. The molecular formula is C21H25FN6O. The number of hydrogen-bond donors (Lipinski definition) is 2. The lowest BCUT2D eigenvalue weighted by molar-refractivity contribution is -0.117. The second-order valence-electron chi connectivity index (χ2n) is 7.23. The minimum absolute atomic E-state index is 0.0153. The van der Waals surface area contributed by atoms with Crippen molar-refractivity contribution in [3.8, 4) is 0 Å². The van der Waals surface area contributed by atoms with Crippen LogP contribution < -0.4 is 20.4 Å². The Morgan fingerprint density at radius 1 is 1.28 bits per heavy atom. The zero-order valence-corrected chi connectivity index (χ0v) is 16.4. The van der Waals surface area contributed by atoms with Crippen LogP contribution >= 0.6 is 0 Å². The third kappa shape index (κ3) is 4.16. The van der Waals surface area contributed by atoms with E-state index in [-0.39, 0.29) is 24.3 Å². The van der Waals surface area contributed by atoms with Crippen molar-refractivity contribution in [2.45, 2.75) is 18.9 Å². The maximum atomic E-state index is 14.0. The molecule has 0 saturated carbocycles. The number of aromatic nitrogens is 1. The van der Waals surface area contributed by atoms with Gasteiger partial charge in [-0.25, -0.2) is 9.37 Å². The topological polar surface area (TPSA) is 72.9 Å². The number of carbonyl (C=O) groups excluding carboxylic acids is 1. The van der Waals surface area contributed by atoms with E-state index in [1.165, 1.54) is 11.6 Å². The number of halogens is 1. The average molecular weight is 396 g/mol. The first-order valence-electron chi connectivity index (χ1n) is 9.86. The number of amides is 1. The molecule has 2 aliphatic rings. The van der Waals surface area contributed by atoms with Crippen LogP contribution in [0.1, 0.15) is 12.0 Å². The number of carbonyl (C=O) groups is 1. The minimum Gasteiger partial charge on any atom is -0.352 e. The van der Waals surface area contributed by atoms with Crippen molar-refractivity contribution in [1.82, 2.24) is 15.6 Å². The number of benzene rings is 1. The van der Waals surface area contributed by atoms with Gasteiger partial charge in [-0.2, -0.15) is 0 Å². The summed E-state index contributed by atoms with van der Waals surface area (Å²) in [5, 5.41) is 6.44. The third-order valence-corrected chi connectivity index (χ3v) is 5.39. The minimum atomic E-state index is -0.313. The number of nitrogens with one attached hydrogen (secondary N) is 2. The molecule has 2 N–H and O–H groups in total. The van der Waals surface area contributed by atoms with Gasteiger partial charge in [-0.15, -0.1) is 0 Å². The summed E-state index contributed by atoms with van der Waals surface area (Å²) in [7, 11) is 1.68. The van der Waals surface area contributed by atoms with Gasteiger partial charge in [0.25, 0.3) is 0 Å². The molecule has 0 spiro atoms. The number of hydrogen-bond acceptors (Lipinski definition) is 4. The Balaban J connectivity index is 1.30. The zero-order chi connectivity index (χ0) is 20.2. The monoisotopic (exact) mass is 396 g/mol. The quantitative estimate of drug-likeness (QED) is 0.606. The molecule has 1 saturated heterocycles. The van der Waals surface area contributed by atoms with E-state index >= 15 is 0 Å². The lowest BCUT2D eigenvalue weighted by atomic mass is 10.2. The van der Waals surface area contributed by atoms with Crippen LogP contribution in [-0.2, 0) is 11.2 Å². The first-order valence-corrected chi connectivity index (χ1v) is 9.86. The predicted molar refractivity (Wildman–Crippen MR) is 112 cm³/mol. The van der Waals surface area contributed by atoms with Gasteiger partial charge in [0.1, 0.15) is 0 Å². The molecule has 152 valence electrons. The first kappa shape index (κ1) is 19.2. The van der Waals surface area contributed by atoms with Crippen LogP contribution in [0, 0.1) is 5.82 Å². The Morgan fingerprint density at radius 2 is 2.14 bits per heavy atom. The van der Waals surface area contributed by atoms with Crippen LogP contribution in [0.25, 0.3) is 0 Å². The largest absolute Gasteiger partial charge is 0.352 e. The van der Waals surface area contributed by atoms with Gasteiger partial charge >= 0.3 is 0 Å². The molecule has 1 aromatic heterocycles. The van der Waals surface area contributed by atoms with Crippen LogP contribution in [0.3, 0.4) is 0 Å². The van der Waals surface area contributed by atoms with Crippen LogP contribution in [0.2, 0.25) is 0 Å². The second-order valence-corrected chi connectivity index (χ2v) is 7.23. The van der Waals surface area contributed by atoms with Gasteiger partial charge in [-0.1, -0.05) is 18.2 Å². The highest BCUT2D eigenvalue weighted by Gasteiger charge is 2.27. The lowest BCUT2D eigenvalue weighted by Gasteiger charge is -2.21.